The number of aliphatic carboxylic acids is 1. The molecule has 0 fully saturated rings. The molecule has 1 radical (unpaired) electrons. The number of para-hydroxylation sites is 1. The van der Waals surface area contributed by atoms with E-state index in [2.05, 4.69) is 10.3 Å². The summed E-state index contributed by atoms with van der Waals surface area (Å²) in [5.74, 6) is -0.938. The number of fused-ring (bicyclic) bond motifs is 1. The molecule has 0 spiro atoms. The monoisotopic (exact) mass is 319 g/mol. The molecular weight excluding hydrogens is 303 g/mol. The zero-order valence-corrected chi connectivity index (χ0v) is 15.1. The Labute approximate surface area is 156 Å². The number of hydrogen-bond acceptors (Lipinski definition) is 2. The molecule has 0 unspecified atom stereocenters. The first kappa shape index (κ1) is 17.5. The van der Waals surface area contributed by atoms with Gasteiger partial charge in [-0.05, 0) is 36.6 Å². The number of carbonyl (C=O) groups is 2. The molecule has 0 bridgehead atoms. The number of aromatic nitrogens is 1. The van der Waals surface area contributed by atoms with E-state index in [0.717, 1.165) is 28.1 Å². The van der Waals surface area contributed by atoms with Crippen LogP contribution in [0.25, 0.3) is 11.6 Å². The number of nitrogens with one attached hydrogen (secondary N) is 2. The molecule has 5 nitrogen and oxygen atoms in total. The summed E-state index contributed by atoms with van der Waals surface area (Å²) < 4.78 is 0. The molecule has 1 aromatic heterocycles. The molecule has 6 heteroatoms. The van der Waals surface area contributed by atoms with Crippen LogP contribution < -0.4 is 5.32 Å². The van der Waals surface area contributed by atoms with E-state index in [1.54, 1.807) is 0 Å². The number of H-pyrrole nitrogens is 1. The molecule has 3 rings (SSSR count). The second-order valence-corrected chi connectivity index (χ2v) is 5.30. The van der Waals surface area contributed by atoms with E-state index in [-0.39, 0.29) is 41.9 Å². The Kier molecular flexibility index (Phi) is 5.46. The van der Waals surface area contributed by atoms with Crippen LogP contribution in [0.15, 0.2) is 30.5 Å². The average Bonchev–Trinajstić information content (AvgIpc) is 2.99. The minimum Gasteiger partial charge on any atom is -0.481 e. The van der Waals surface area contributed by atoms with Crippen molar-refractivity contribution in [2.45, 2.75) is 19.8 Å². The number of carbonyl (C=O) groups excluding carboxylic acids is 1. The molecule has 0 atom stereocenters. The Morgan fingerprint density at radius 1 is 1.30 bits per heavy atom. The third kappa shape index (κ3) is 3.58. The van der Waals surface area contributed by atoms with E-state index in [1.165, 1.54) is 0 Å². The topological polar surface area (TPSA) is 82.2 Å². The van der Waals surface area contributed by atoms with Gasteiger partial charge in [0.25, 0.3) is 5.91 Å². The van der Waals surface area contributed by atoms with E-state index in [1.807, 2.05) is 43.5 Å². The molecule has 23 heavy (non-hydrogen) atoms. The van der Waals surface area contributed by atoms with E-state index >= 15 is 0 Å². The largest absolute Gasteiger partial charge is 0.481 e. The molecule has 1 aliphatic rings. The van der Waals surface area contributed by atoms with Gasteiger partial charge in [0.2, 0.25) is 0 Å². The minimum atomic E-state index is -0.815. The van der Waals surface area contributed by atoms with Gasteiger partial charge in [0.05, 0.1) is 5.57 Å². The smallest absolute Gasteiger partial charge is 0.303 e. The van der Waals surface area contributed by atoms with Crippen LogP contribution >= 0.6 is 0 Å². The van der Waals surface area contributed by atoms with Gasteiger partial charge in [0.15, 0.2) is 0 Å². The third-order valence-electron chi connectivity index (χ3n) is 3.89. The summed E-state index contributed by atoms with van der Waals surface area (Å²) in [4.78, 5) is 25.9. The van der Waals surface area contributed by atoms with Crippen LogP contribution in [0.1, 0.15) is 28.8 Å². The summed E-state index contributed by atoms with van der Waals surface area (Å²) in [6.07, 6.45) is 4.20. The minimum absolute atomic E-state index is 0. The third-order valence-corrected chi connectivity index (χ3v) is 3.89. The van der Waals surface area contributed by atoms with Crippen molar-refractivity contribution in [1.29, 1.82) is 0 Å². The number of aryl methyl sites for hydroxylation is 1. The quantitative estimate of drug-likeness (QED) is 0.598. The number of benzene rings is 1. The van der Waals surface area contributed by atoms with E-state index in [0.29, 0.717) is 12.0 Å². The predicted octanol–water partition coefficient (Wildman–Crippen LogP) is 2.45. The van der Waals surface area contributed by atoms with Crippen molar-refractivity contribution in [3.8, 4) is 0 Å². The standard InChI is InChI=1S/C17H16N2O3.Na/c1-10-11(6-7-16(20)21)9-18-15(10)8-13-12-4-2-3-5-14(12)19-17(13)22;/h2-5,8-9,18H,6-7H2,1H3,(H,19,22)(H,20,21);. The van der Waals surface area contributed by atoms with Gasteiger partial charge < -0.3 is 15.4 Å². The number of carboxylic acids is 1. The Morgan fingerprint density at radius 2 is 2.04 bits per heavy atom. The molecule has 0 aliphatic carbocycles. The fourth-order valence-electron chi connectivity index (χ4n) is 2.63. The Hall–Kier alpha value is -1.82. The van der Waals surface area contributed by atoms with Gasteiger partial charge in [-0.15, -0.1) is 0 Å². The Balaban J connectivity index is 0.00000192. The molecule has 1 amide bonds. The molecule has 0 saturated carbocycles. The first-order valence-electron chi connectivity index (χ1n) is 7.07. The van der Waals surface area contributed by atoms with E-state index in [4.69, 9.17) is 5.11 Å². The number of rotatable bonds is 4. The second-order valence-electron chi connectivity index (χ2n) is 5.30. The zero-order valence-electron chi connectivity index (χ0n) is 13.1. The van der Waals surface area contributed by atoms with Crippen LogP contribution in [0.5, 0.6) is 0 Å². The van der Waals surface area contributed by atoms with Crippen LogP contribution in [-0.4, -0.2) is 51.5 Å². The van der Waals surface area contributed by atoms with Crippen molar-refractivity contribution >= 4 is 58.8 Å². The average molecular weight is 319 g/mol. The number of anilines is 1. The molecule has 1 aromatic carbocycles. The number of amides is 1. The van der Waals surface area contributed by atoms with Crippen LogP contribution in [0.4, 0.5) is 5.69 Å². The molecule has 2 heterocycles. The van der Waals surface area contributed by atoms with Gasteiger partial charge in [0.1, 0.15) is 0 Å². The fraction of sp³-hybridized carbons (Fsp3) is 0.176. The van der Waals surface area contributed by atoms with Crippen molar-refractivity contribution in [2.75, 3.05) is 5.32 Å². The van der Waals surface area contributed by atoms with Crippen molar-refractivity contribution in [3.63, 3.8) is 0 Å². The first-order chi connectivity index (χ1) is 10.6. The Bertz CT molecular complexity index is 793. The second kappa shape index (κ2) is 7.17. The zero-order chi connectivity index (χ0) is 15.7. The van der Waals surface area contributed by atoms with Gasteiger partial charge >= 0.3 is 5.97 Å². The van der Waals surface area contributed by atoms with Crippen LogP contribution in [0.3, 0.4) is 0 Å². The summed E-state index contributed by atoms with van der Waals surface area (Å²) in [5.41, 5.74) is 5.09. The molecule has 3 N–H and O–H groups in total. The van der Waals surface area contributed by atoms with Crippen LogP contribution in [0, 0.1) is 6.92 Å². The maximum Gasteiger partial charge on any atom is 0.303 e. The summed E-state index contributed by atoms with van der Waals surface area (Å²) in [6, 6.07) is 7.55. The summed E-state index contributed by atoms with van der Waals surface area (Å²) >= 11 is 0. The van der Waals surface area contributed by atoms with Crippen molar-refractivity contribution < 1.29 is 14.7 Å². The van der Waals surface area contributed by atoms with Gasteiger partial charge in [0, 0.05) is 59.1 Å². The SMILES string of the molecule is Cc1c(CCC(=O)O)c[nH]c1C=C1C(=O)Nc2ccccc21.[Na]. The maximum atomic E-state index is 12.1. The van der Waals surface area contributed by atoms with Gasteiger partial charge in [-0.1, -0.05) is 18.2 Å². The van der Waals surface area contributed by atoms with Gasteiger partial charge in [-0.3, -0.25) is 9.59 Å². The van der Waals surface area contributed by atoms with Gasteiger partial charge in [-0.2, -0.15) is 0 Å². The molecular formula is C17H16N2NaO3. The first-order valence-corrected chi connectivity index (χ1v) is 7.07. The number of hydrogen-bond donors (Lipinski definition) is 3. The van der Waals surface area contributed by atoms with E-state index < -0.39 is 5.97 Å². The summed E-state index contributed by atoms with van der Waals surface area (Å²) in [7, 11) is 0. The number of carboxylic acid groups (broad SMARTS) is 1. The molecule has 1 aliphatic heterocycles. The molecule has 0 saturated heterocycles. The van der Waals surface area contributed by atoms with Crippen molar-refractivity contribution in [3.05, 3.63) is 52.8 Å². The molecule has 113 valence electrons. The summed E-state index contributed by atoms with van der Waals surface area (Å²) in [6.45, 7) is 1.93. The van der Waals surface area contributed by atoms with Gasteiger partial charge in [-0.25, -0.2) is 0 Å². The normalized spacial score (nSPS) is 14.3. The molecule has 2 aromatic rings. The summed E-state index contributed by atoms with van der Waals surface area (Å²) in [5, 5.41) is 11.6. The van der Waals surface area contributed by atoms with Crippen LogP contribution in [-0.2, 0) is 16.0 Å². The van der Waals surface area contributed by atoms with E-state index in [9.17, 15) is 9.59 Å². The number of aromatic amines is 1. The fourth-order valence-corrected chi connectivity index (χ4v) is 2.63. The van der Waals surface area contributed by atoms with Crippen molar-refractivity contribution in [1.82, 2.24) is 4.98 Å². The predicted molar refractivity (Wildman–Crippen MR) is 90.2 cm³/mol. The van der Waals surface area contributed by atoms with Crippen molar-refractivity contribution in [2.24, 2.45) is 0 Å². The maximum absolute atomic E-state index is 12.1. The Morgan fingerprint density at radius 3 is 2.78 bits per heavy atom. The van der Waals surface area contributed by atoms with Crippen LogP contribution in [0.2, 0.25) is 0 Å².